The first-order valence-electron chi connectivity index (χ1n) is 13.0. The number of fused-ring (bicyclic) bond motifs is 5. The van der Waals surface area contributed by atoms with Crippen LogP contribution in [0.5, 0.6) is 0 Å². The summed E-state index contributed by atoms with van der Waals surface area (Å²) in [5.74, 6) is 2.10. The highest BCUT2D eigenvalue weighted by Gasteiger charge is 2.61. The van der Waals surface area contributed by atoms with Crippen LogP contribution in [0.1, 0.15) is 80.1 Å². The zero-order chi connectivity index (χ0) is 24.3. The maximum atomic E-state index is 14.1. The van der Waals surface area contributed by atoms with Gasteiger partial charge in [-0.05, 0) is 108 Å². The molecule has 2 amide bonds. The summed E-state index contributed by atoms with van der Waals surface area (Å²) >= 11 is 5.81. The molecule has 0 aromatic rings. The molecule has 6 heteroatoms. The van der Waals surface area contributed by atoms with Crippen LogP contribution in [0.2, 0.25) is 0 Å². The van der Waals surface area contributed by atoms with Gasteiger partial charge in [-0.15, -0.1) is 0 Å². The van der Waals surface area contributed by atoms with Gasteiger partial charge in [-0.3, -0.25) is 14.5 Å². The predicted octanol–water partition coefficient (Wildman–Crippen LogP) is 4.76. The second-order valence-electron chi connectivity index (χ2n) is 12.2. The average molecular weight is 474 g/mol. The molecule has 1 heterocycles. The molecule has 5 nitrogen and oxygen atoms in total. The molecule has 184 valence electrons. The largest absolute Gasteiger partial charge is 0.349 e. The van der Waals surface area contributed by atoms with Crippen LogP contribution in [0.15, 0.2) is 12.2 Å². The fourth-order valence-corrected chi connectivity index (χ4v) is 8.38. The lowest BCUT2D eigenvalue weighted by molar-refractivity contribution is -0.141. The van der Waals surface area contributed by atoms with Gasteiger partial charge in [0, 0.05) is 36.5 Å². The summed E-state index contributed by atoms with van der Waals surface area (Å²) < 4.78 is 0. The number of thiocarbonyl (C=S) groups is 1. The Balaban J connectivity index is 1.58. The number of hydrogen-bond donors (Lipinski definition) is 1. The smallest absolute Gasteiger partial charge is 0.243 e. The van der Waals surface area contributed by atoms with Crippen LogP contribution in [0.25, 0.3) is 0 Å². The van der Waals surface area contributed by atoms with Crippen molar-refractivity contribution in [2.45, 2.75) is 98.2 Å². The minimum absolute atomic E-state index is 0.0300. The SMILES string of the molecule is CC(C)N(C)C(=S)N(C(=O)C1CC[C@H]2[C@@H]3CCC4NC(=O)C=C[C@]4(C)[C@@H]3CC[C@]12C)C(C)C. The van der Waals surface area contributed by atoms with E-state index in [-0.39, 0.29) is 46.7 Å². The van der Waals surface area contributed by atoms with Crippen molar-refractivity contribution in [3.8, 4) is 0 Å². The van der Waals surface area contributed by atoms with Gasteiger partial charge < -0.3 is 10.2 Å². The van der Waals surface area contributed by atoms with Crippen molar-refractivity contribution in [1.82, 2.24) is 15.1 Å². The van der Waals surface area contributed by atoms with Crippen molar-refractivity contribution in [2.75, 3.05) is 7.05 Å². The fraction of sp³-hybridized carbons (Fsp3) is 0.815. The van der Waals surface area contributed by atoms with Crippen molar-refractivity contribution in [2.24, 2.45) is 34.5 Å². The van der Waals surface area contributed by atoms with E-state index in [0.29, 0.717) is 22.9 Å². The first-order chi connectivity index (χ1) is 15.4. The third-order valence-corrected chi connectivity index (χ3v) is 10.5. The fourth-order valence-electron chi connectivity index (χ4n) is 7.87. The second kappa shape index (κ2) is 8.66. The molecule has 4 rings (SSSR count). The van der Waals surface area contributed by atoms with E-state index in [0.717, 1.165) is 38.5 Å². The third kappa shape index (κ3) is 3.84. The topological polar surface area (TPSA) is 52.6 Å². The summed E-state index contributed by atoms with van der Waals surface area (Å²) in [6.07, 6.45) is 10.5. The standard InChI is InChI=1S/C27H43N3O2S/c1-16(2)29(7)25(33)30(17(3)4)24(32)21-10-9-19-18-8-11-22-27(6,15-13-23(31)28-22)20(18)12-14-26(19,21)5/h13,15-22H,8-12,14H2,1-7H3,(H,28,31)/t18-,19-,20+,21?,22?,26-,27+/m0/s1. The molecular weight excluding hydrogens is 430 g/mol. The highest BCUT2D eigenvalue weighted by molar-refractivity contribution is 7.80. The van der Waals surface area contributed by atoms with Gasteiger partial charge in [-0.1, -0.05) is 19.9 Å². The maximum Gasteiger partial charge on any atom is 0.243 e. The Kier molecular flexibility index (Phi) is 6.48. The average Bonchev–Trinajstić information content (AvgIpc) is 3.10. The lowest BCUT2D eigenvalue weighted by Gasteiger charge is -2.58. The van der Waals surface area contributed by atoms with Crippen molar-refractivity contribution in [3.05, 3.63) is 12.2 Å². The molecule has 3 fully saturated rings. The predicted molar refractivity (Wildman–Crippen MR) is 136 cm³/mol. The van der Waals surface area contributed by atoms with E-state index in [1.807, 2.05) is 16.8 Å². The molecule has 3 aliphatic carbocycles. The number of carbonyl (C=O) groups is 2. The lowest BCUT2D eigenvalue weighted by Crippen LogP contribution is -2.60. The minimum atomic E-state index is 0.0300. The number of nitrogens with zero attached hydrogens (tertiary/aromatic N) is 2. The van der Waals surface area contributed by atoms with Gasteiger partial charge in [0.25, 0.3) is 0 Å². The van der Waals surface area contributed by atoms with Crippen molar-refractivity contribution < 1.29 is 9.59 Å². The van der Waals surface area contributed by atoms with E-state index >= 15 is 0 Å². The van der Waals surface area contributed by atoms with E-state index in [9.17, 15) is 9.59 Å². The molecule has 3 saturated carbocycles. The number of amides is 2. The van der Waals surface area contributed by atoms with E-state index in [1.165, 1.54) is 0 Å². The lowest BCUT2D eigenvalue weighted by atomic mass is 9.48. The van der Waals surface area contributed by atoms with Crippen LogP contribution < -0.4 is 5.32 Å². The number of hydrogen-bond acceptors (Lipinski definition) is 3. The van der Waals surface area contributed by atoms with Crippen LogP contribution in [0, 0.1) is 34.5 Å². The number of carbonyl (C=O) groups excluding carboxylic acids is 2. The van der Waals surface area contributed by atoms with Crippen LogP contribution in [-0.4, -0.2) is 51.9 Å². The van der Waals surface area contributed by atoms with E-state index < -0.39 is 0 Å². The normalized spacial score (nSPS) is 39.5. The van der Waals surface area contributed by atoms with E-state index in [2.05, 4.69) is 52.9 Å². The van der Waals surface area contributed by atoms with Crippen LogP contribution in [0.3, 0.4) is 0 Å². The second-order valence-corrected chi connectivity index (χ2v) is 12.5. The summed E-state index contributed by atoms with van der Waals surface area (Å²) in [7, 11) is 2.00. The highest BCUT2D eigenvalue weighted by atomic mass is 32.1. The molecule has 4 aliphatic rings. The van der Waals surface area contributed by atoms with Crippen molar-refractivity contribution in [3.63, 3.8) is 0 Å². The summed E-state index contributed by atoms with van der Waals surface area (Å²) in [6.45, 7) is 13.1. The molecule has 0 spiro atoms. The Morgan fingerprint density at radius 3 is 2.39 bits per heavy atom. The molecule has 1 aliphatic heterocycles. The molecule has 1 N–H and O–H groups in total. The molecule has 0 saturated heterocycles. The Labute approximate surface area is 205 Å². The Morgan fingerprint density at radius 2 is 1.76 bits per heavy atom. The summed E-state index contributed by atoms with van der Waals surface area (Å²) in [5, 5.41) is 3.90. The van der Waals surface area contributed by atoms with Crippen LogP contribution in [0.4, 0.5) is 0 Å². The summed E-state index contributed by atoms with van der Waals surface area (Å²) in [4.78, 5) is 30.0. The third-order valence-electron chi connectivity index (χ3n) is 10.0. The van der Waals surface area contributed by atoms with Crippen molar-refractivity contribution >= 4 is 29.1 Å². The Morgan fingerprint density at radius 1 is 1.06 bits per heavy atom. The summed E-state index contributed by atoms with van der Waals surface area (Å²) in [5.41, 5.74) is 0.0635. The molecular formula is C27H43N3O2S. The molecule has 7 atom stereocenters. The zero-order valence-corrected chi connectivity index (χ0v) is 22.4. The minimum Gasteiger partial charge on any atom is -0.349 e. The van der Waals surface area contributed by atoms with Crippen LogP contribution >= 0.6 is 12.2 Å². The van der Waals surface area contributed by atoms with Gasteiger partial charge in [0.1, 0.15) is 0 Å². The first kappa shape index (κ1) is 24.7. The number of nitrogens with one attached hydrogen (secondary N) is 1. The Bertz CT molecular complexity index is 854. The van der Waals surface area contributed by atoms with Crippen LogP contribution in [-0.2, 0) is 9.59 Å². The van der Waals surface area contributed by atoms with Gasteiger partial charge in [-0.2, -0.15) is 0 Å². The Hall–Kier alpha value is -1.43. The number of rotatable bonds is 3. The molecule has 0 aromatic carbocycles. The molecule has 0 radical (unpaired) electrons. The maximum absolute atomic E-state index is 14.1. The summed E-state index contributed by atoms with van der Waals surface area (Å²) in [6, 6.07) is 0.559. The molecule has 0 bridgehead atoms. The molecule has 33 heavy (non-hydrogen) atoms. The van der Waals surface area contributed by atoms with Crippen molar-refractivity contribution in [1.29, 1.82) is 0 Å². The van der Waals surface area contributed by atoms with Gasteiger partial charge in [0.15, 0.2) is 5.11 Å². The highest BCUT2D eigenvalue weighted by Crippen LogP contribution is 2.65. The molecule has 0 aromatic heterocycles. The van der Waals surface area contributed by atoms with Gasteiger partial charge in [0.2, 0.25) is 11.8 Å². The monoisotopic (exact) mass is 473 g/mol. The van der Waals surface area contributed by atoms with E-state index in [1.54, 1.807) is 6.08 Å². The first-order valence-corrected chi connectivity index (χ1v) is 13.4. The van der Waals surface area contributed by atoms with Gasteiger partial charge >= 0.3 is 0 Å². The quantitative estimate of drug-likeness (QED) is 0.601. The van der Waals surface area contributed by atoms with Gasteiger partial charge in [0.05, 0.1) is 0 Å². The van der Waals surface area contributed by atoms with E-state index in [4.69, 9.17) is 12.2 Å². The van der Waals surface area contributed by atoms with Gasteiger partial charge in [-0.25, -0.2) is 0 Å². The molecule has 2 unspecified atom stereocenters. The zero-order valence-electron chi connectivity index (χ0n) is 21.6.